The maximum absolute atomic E-state index is 6.24. The van der Waals surface area contributed by atoms with Crippen LogP contribution in [0.4, 0.5) is 0 Å². The van der Waals surface area contributed by atoms with Crippen molar-refractivity contribution in [2.75, 3.05) is 33.4 Å². The van der Waals surface area contributed by atoms with Crippen molar-refractivity contribution in [1.82, 2.24) is 4.90 Å². The third-order valence-corrected chi connectivity index (χ3v) is 5.56. The molecule has 1 aliphatic carbocycles. The minimum absolute atomic E-state index is 0.145. The second kappa shape index (κ2) is 6.47. The molecule has 2 N–H and O–H groups in total. The van der Waals surface area contributed by atoms with E-state index in [4.69, 9.17) is 10.5 Å². The smallest absolute Gasteiger partial charge is 0.0469 e. The Bertz CT molecular complexity index is 470. The summed E-state index contributed by atoms with van der Waals surface area (Å²) in [5.74, 6) is 0.768. The third-order valence-electron chi connectivity index (χ3n) is 5.56. The topological polar surface area (TPSA) is 38.5 Å². The van der Waals surface area contributed by atoms with Gasteiger partial charge in [0, 0.05) is 31.8 Å². The molecule has 0 bridgehead atoms. The second-order valence-electron chi connectivity index (χ2n) is 6.81. The number of hydrogen-bond acceptors (Lipinski definition) is 3. The highest BCUT2D eigenvalue weighted by Gasteiger charge is 2.37. The Kier molecular flexibility index (Phi) is 4.63. The SMILES string of the molecule is CN(CC1CCOCC1)C1(CN)CCc2ccccc2C1. The fourth-order valence-electron chi connectivity index (χ4n) is 3.95. The molecule has 1 saturated heterocycles. The van der Waals surface area contributed by atoms with E-state index in [1.54, 1.807) is 0 Å². The average molecular weight is 288 g/mol. The van der Waals surface area contributed by atoms with Crippen LogP contribution in [-0.2, 0) is 17.6 Å². The maximum Gasteiger partial charge on any atom is 0.0469 e. The number of nitrogens with zero attached hydrogens (tertiary/aromatic N) is 1. The van der Waals surface area contributed by atoms with Gasteiger partial charge < -0.3 is 10.5 Å². The van der Waals surface area contributed by atoms with E-state index in [2.05, 4.69) is 36.2 Å². The largest absolute Gasteiger partial charge is 0.381 e. The number of aryl methyl sites for hydroxylation is 1. The van der Waals surface area contributed by atoms with Crippen LogP contribution in [0.25, 0.3) is 0 Å². The molecule has 1 unspecified atom stereocenters. The lowest BCUT2D eigenvalue weighted by molar-refractivity contribution is 0.0301. The standard InChI is InChI=1S/C18H28N2O/c1-20(13-15-7-10-21-11-8-15)18(14-19)9-6-16-4-2-3-5-17(16)12-18/h2-5,15H,6-14,19H2,1H3. The number of ether oxygens (including phenoxy) is 1. The maximum atomic E-state index is 6.24. The summed E-state index contributed by atoms with van der Waals surface area (Å²) in [5.41, 5.74) is 9.39. The fourth-order valence-corrected chi connectivity index (χ4v) is 3.95. The highest BCUT2D eigenvalue weighted by molar-refractivity contribution is 5.32. The van der Waals surface area contributed by atoms with Crippen molar-refractivity contribution >= 4 is 0 Å². The van der Waals surface area contributed by atoms with Crippen LogP contribution in [0, 0.1) is 5.92 Å². The first kappa shape index (κ1) is 15.0. The summed E-state index contributed by atoms with van der Waals surface area (Å²) in [7, 11) is 2.27. The number of likely N-dealkylation sites (N-methyl/N-ethyl adjacent to an activating group) is 1. The first-order chi connectivity index (χ1) is 10.2. The van der Waals surface area contributed by atoms with Crippen molar-refractivity contribution < 1.29 is 4.74 Å². The molecule has 1 heterocycles. The first-order valence-electron chi connectivity index (χ1n) is 8.29. The van der Waals surface area contributed by atoms with Crippen LogP contribution in [0.5, 0.6) is 0 Å². The van der Waals surface area contributed by atoms with Gasteiger partial charge in [-0.15, -0.1) is 0 Å². The molecule has 2 aliphatic rings. The van der Waals surface area contributed by atoms with Gasteiger partial charge in [-0.25, -0.2) is 0 Å². The Labute approximate surface area is 128 Å². The molecule has 3 rings (SSSR count). The number of fused-ring (bicyclic) bond motifs is 1. The van der Waals surface area contributed by atoms with Gasteiger partial charge in [-0.3, -0.25) is 4.90 Å². The third kappa shape index (κ3) is 3.15. The molecule has 1 aromatic carbocycles. The summed E-state index contributed by atoms with van der Waals surface area (Å²) in [6, 6.07) is 8.86. The van der Waals surface area contributed by atoms with Crippen molar-refractivity contribution in [2.24, 2.45) is 11.7 Å². The Balaban J connectivity index is 1.71. The van der Waals surface area contributed by atoms with Gasteiger partial charge in [0.1, 0.15) is 0 Å². The number of rotatable bonds is 4. The van der Waals surface area contributed by atoms with Crippen molar-refractivity contribution in [2.45, 2.75) is 37.6 Å². The summed E-state index contributed by atoms with van der Waals surface area (Å²) in [5, 5.41) is 0. The molecule has 0 saturated carbocycles. The van der Waals surface area contributed by atoms with Gasteiger partial charge in [0.05, 0.1) is 0 Å². The van der Waals surface area contributed by atoms with E-state index in [1.807, 2.05) is 0 Å². The zero-order chi connectivity index (χ0) is 14.7. The molecule has 3 nitrogen and oxygen atoms in total. The predicted molar refractivity (Wildman–Crippen MR) is 86.4 cm³/mol. The van der Waals surface area contributed by atoms with Crippen molar-refractivity contribution in [3.05, 3.63) is 35.4 Å². The molecule has 116 valence electrons. The highest BCUT2D eigenvalue weighted by atomic mass is 16.5. The summed E-state index contributed by atoms with van der Waals surface area (Å²) >= 11 is 0. The molecule has 1 atom stereocenters. The molecular weight excluding hydrogens is 260 g/mol. The van der Waals surface area contributed by atoms with Gasteiger partial charge in [0.15, 0.2) is 0 Å². The van der Waals surface area contributed by atoms with Gasteiger partial charge in [-0.1, -0.05) is 24.3 Å². The molecule has 0 spiro atoms. The van der Waals surface area contributed by atoms with Crippen molar-refractivity contribution in [3.63, 3.8) is 0 Å². The van der Waals surface area contributed by atoms with Crippen LogP contribution in [0.3, 0.4) is 0 Å². The average Bonchev–Trinajstić information content (AvgIpc) is 2.55. The van der Waals surface area contributed by atoms with E-state index in [0.29, 0.717) is 0 Å². The van der Waals surface area contributed by atoms with E-state index in [1.165, 1.54) is 30.4 Å². The zero-order valence-corrected chi connectivity index (χ0v) is 13.2. The van der Waals surface area contributed by atoms with Crippen LogP contribution < -0.4 is 5.73 Å². The minimum Gasteiger partial charge on any atom is -0.381 e. The highest BCUT2D eigenvalue weighted by Crippen LogP contribution is 2.33. The van der Waals surface area contributed by atoms with E-state index >= 15 is 0 Å². The van der Waals surface area contributed by atoms with Crippen LogP contribution in [0.2, 0.25) is 0 Å². The fraction of sp³-hybridized carbons (Fsp3) is 0.667. The summed E-state index contributed by atoms with van der Waals surface area (Å²) in [6.45, 7) is 3.76. The molecule has 0 aromatic heterocycles. The Morgan fingerprint density at radius 1 is 1.24 bits per heavy atom. The molecule has 1 aliphatic heterocycles. The first-order valence-corrected chi connectivity index (χ1v) is 8.29. The van der Waals surface area contributed by atoms with Gasteiger partial charge in [-0.05, 0) is 56.2 Å². The molecule has 1 aromatic rings. The van der Waals surface area contributed by atoms with E-state index < -0.39 is 0 Å². The number of nitrogens with two attached hydrogens (primary N) is 1. The lowest BCUT2D eigenvalue weighted by atomic mass is 9.76. The van der Waals surface area contributed by atoms with Crippen LogP contribution in [0.1, 0.15) is 30.4 Å². The molecule has 1 fully saturated rings. The molecule has 21 heavy (non-hydrogen) atoms. The summed E-state index contributed by atoms with van der Waals surface area (Å²) in [4.78, 5) is 2.55. The summed E-state index contributed by atoms with van der Waals surface area (Å²) in [6.07, 6.45) is 5.83. The monoisotopic (exact) mass is 288 g/mol. The van der Waals surface area contributed by atoms with Gasteiger partial charge >= 0.3 is 0 Å². The quantitative estimate of drug-likeness (QED) is 0.923. The zero-order valence-electron chi connectivity index (χ0n) is 13.2. The Hall–Kier alpha value is -0.900. The van der Waals surface area contributed by atoms with E-state index in [0.717, 1.165) is 45.1 Å². The van der Waals surface area contributed by atoms with E-state index in [9.17, 15) is 0 Å². The van der Waals surface area contributed by atoms with E-state index in [-0.39, 0.29) is 5.54 Å². The molecule has 3 heteroatoms. The molecule has 0 radical (unpaired) electrons. The van der Waals surface area contributed by atoms with Crippen molar-refractivity contribution in [3.8, 4) is 0 Å². The van der Waals surface area contributed by atoms with Crippen LogP contribution in [0.15, 0.2) is 24.3 Å². The van der Waals surface area contributed by atoms with Crippen LogP contribution >= 0.6 is 0 Å². The van der Waals surface area contributed by atoms with Gasteiger partial charge in [-0.2, -0.15) is 0 Å². The Morgan fingerprint density at radius 3 is 2.67 bits per heavy atom. The van der Waals surface area contributed by atoms with Gasteiger partial charge in [0.25, 0.3) is 0 Å². The lowest BCUT2D eigenvalue weighted by Gasteiger charge is -2.46. The minimum atomic E-state index is 0.145. The van der Waals surface area contributed by atoms with Gasteiger partial charge in [0.2, 0.25) is 0 Å². The molecular formula is C18H28N2O. The predicted octanol–water partition coefficient (Wildman–Crippen LogP) is 2.23. The second-order valence-corrected chi connectivity index (χ2v) is 6.81. The normalized spacial score (nSPS) is 26.8. The summed E-state index contributed by atoms with van der Waals surface area (Å²) < 4.78 is 5.48. The molecule has 0 amide bonds. The number of hydrogen-bond donors (Lipinski definition) is 1. The lowest BCUT2D eigenvalue weighted by Crippen LogP contribution is -2.56. The number of benzene rings is 1. The Morgan fingerprint density at radius 2 is 1.95 bits per heavy atom. The van der Waals surface area contributed by atoms with Crippen LogP contribution in [-0.4, -0.2) is 43.8 Å². The van der Waals surface area contributed by atoms with Crippen molar-refractivity contribution in [1.29, 1.82) is 0 Å².